The number of nitrogens with zero attached hydrogens (tertiary/aromatic N) is 5. The summed E-state index contributed by atoms with van der Waals surface area (Å²) in [6.45, 7) is 8.09. The van der Waals surface area contributed by atoms with Crippen LogP contribution in [0.3, 0.4) is 0 Å². The van der Waals surface area contributed by atoms with Crippen LogP contribution in [0.2, 0.25) is 0 Å². The summed E-state index contributed by atoms with van der Waals surface area (Å²) in [5.74, 6) is 0. The number of aryl methyl sites for hydroxylation is 1. The molecular weight excluding hydrogens is 228 g/mol. The van der Waals surface area contributed by atoms with Gasteiger partial charge in [-0.25, -0.2) is 4.98 Å². The first-order chi connectivity index (χ1) is 8.66. The van der Waals surface area contributed by atoms with Crippen LogP contribution >= 0.6 is 0 Å². The number of aromatic nitrogens is 5. The van der Waals surface area contributed by atoms with Gasteiger partial charge < -0.3 is 5.32 Å². The molecule has 0 amide bonds. The first-order valence-corrected chi connectivity index (χ1v) is 6.23. The average Bonchev–Trinajstić information content (AvgIpc) is 2.99. The van der Waals surface area contributed by atoms with Gasteiger partial charge in [-0.3, -0.25) is 9.36 Å². The topological polar surface area (TPSA) is 60.6 Å². The second kappa shape index (κ2) is 5.77. The van der Waals surface area contributed by atoms with Crippen LogP contribution in [0, 0.1) is 6.92 Å². The predicted octanol–water partition coefficient (Wildman–Crippen LogP) is 1.02. The zero-order valence-corrected chi connectivity index (χ0v) is 11.1. The van der Waals surface area contributed by atoms with Crippen LogP contribution in [0.1, 0.15) is 25.5 Å². The molecule has 0 spiro atoms. The van der Waals surface area contributed by atoms with Gasteiger partial charge in [0.1, 0.15) is 12.7 Å². The Morgan fingerprint density at radius 2 is 2.17 bits per heavy atom. The quantitative estimate of drug-likeness (QED) is 0.829. The van der Waals surface area contributed by atoms with E-state index in [1.165, 1.54) is 5.56 Å². The second-order valence-electron chi connectivity index (χ2n) is 4.64. The predicted molar refractivity (Wildman–Crippen MR) is 69.2 cm³/mol. The molecule has 0 saturated carbocycles. The van der Waals surface area contributed by atoms with E-state index < -0.39 is 0 Å². The average molecular weight is 248 g/mol. The summed E-state index contributed by atoms with van der Waals surface area (Å²) in [6, 6.07) is 0.683. The van der Waals surface area contributed by atoms with Crippen molar-refractivity contribution in [3.63, 3.8) is 0 Å². The van der Waals surface area contributed by atoms with Crippen LogP contribution < -0.4 is 5.32 Å². The van der Waals surface area contributed by atoms with Gasteiger partial charge in [0.2, 0.25) is 0 Å². The zero-order valence-electron chi connectivity index (χ0n) is 11.1. The fourth-order valence-corrected chi connectivity index (χ4v) is 1.81. The molecule has 0 fully saturated rings. The third-order valence-electron chi connectivity index (χ3n) is 3.15. The molecule has 0 bridgehead atoms. The smallest absolute Gasteiger partial charge is 0.137 e. The van der Waals surface area contributed by atoms with Gasteiger partial charge in [-0.1, -0.05) is 0 Å². The molecule has 6 heteroatoms. The molecule has 0 aromatic carbocycles. The molecule has 0 unspecified atom stereocenters. The van der Waals surface area contributed by atoms with Crippen molar-refractivity contribution in [2.75, 3.05) is 6.54 Å². The summed E-state index contributed by atoms with van der Waals surface area (Å²) in [5, 5.41) is 11.9. The Hall–Kier alpha value is -1.69. The lowest BCUT2D eigenvalue weighted by Crippen LogP contribution is -2.36. The Morgan fingerprint density at radius 1 is 1.33 bits per heavy atom. The number of hydrogen-bond acceptors (Lipinski definition) is 4. The minimum atomic E-state index is 0.328. The molecule has 0 aliphatic heterocycles. The Bertz CT molecular complexity index is 461. The van der Waals surface area contributed by atoms with Gasteiger partial charge in [-0.15, -0.1) is 0 Å². The SMILES string of the molecule is Cc1cnn([C@H](C)[C@@H](C)NCCn2cncn2)c1. The third kappa shape index (κ3) is 3.16. The summed E-state index contributed by atoms with van der Waals surface area (Å²) in [5.41, 5.74) is 1.19. The summed E-state index contributed by atoms with van der Waals surface area (Å²) >= 11 is 0. The van der Waals surface area contributed by atoms with Gasteiger partial charge in [-0.2, -0.15) is 10.2 Å². The van der Waals surface area contributed by atoms with E-state index in [1.54, 1.807) is 12.7 Å². The van der Waals surface area contributed by atoms with Crippen LogP contribution in [-0.4, -0.2) is 37.1 Å². The molecule has 0 aliphatic rings. The maximum Gasteiger partial charge on any atom is 0.137 e. The fraction of sp³-hybridized carbons (Fsp3) is 0.583. The van der Waals surface area contributed by atoms with E-state index in [4.69, 9.17) is 0 Å². The van der Waals surface area contributed by atoms with Crippen molar-refractivity contribution >= 4 is 0 Å². The number of hydrogen-bond donors (Lipinski definition) is 1. The largest absolute Gasteiger partial charge is 0.310 e. The van der Waals surface area contributed by atoms with E-state index in [0.29, 0.717) is 12.1 Å². The molecule has 1 N–H and O–H groups in total. The van der Waals surface area contributed by atoms with Crippen molar-refractivity contribution in [3.05, 3.63) is 30.6 Å². The van der Waals surface area contributed by atoms with Crippen LogP contribution in [0.15, 0.2) is 25.0 Å². The van der Waals surface area contributed by atoms with Crippen molar-refractivity contribution in [3.8, 4) is 0 Å². The zero-order chi connectivity index (χ0) is 13.0. The van der Waals surface area contributed by atoms with Gasteiger partial charge in [0, 0.05) is 18.8 Å². The van der Waals surface area contributed by atoms with Gasteiger partial charge in [0.25, 0.3) is 0 Å². The Labute approximate surface area is 107 Å². The molecule has 0 radical (unpaired) electrons. The van der Waals surface area contributed by atoms with E-state index >= 15 is 0 Å². The van der Waals surface area contributed by atoms with Crippen LogP contribution in [0.4, 0.5) is 0 Å². The first kappa shape index (κ1) is 12.8. The molecule has 0 saturated heterocycles. The summed E-state index contributed by atoms with van der Waals surface area (Å²) in [6.07, 6.45) is 7.24. The van der Waals surface area contributed by atoms with Crippen LogP contribution in [-0.2, 0) is 6.54 Å². The van der Waals surface area contributed by atoms with Crippen molar-refractivity contribution in [1.82, 2.24) is 29.9 Å². The third-order valence-corrected chi connectivity index (χ3v) is 3.15. The number of nitrogens with one attached hydrogen (secondary N) is 1. The van der Waals surface area contributed by atoms with Crippen molar-refractivity contribution in [1.29, 1.82) is 0 Å². The van der Waals surface area contributed by atoms with Gasteiger partial charge in [0.05, 0.1) is 18.8 Å². The first-order valence-electron chi connectivity index (χ1n) is 6.23. The minimum absolute atomic E-state index is 0.328. The highest BCUT2D eigenvalue weighted by Crippen LogP contribution is 2.10. The molecule has 2 atom stereocenters. The summed E-state index contributed by atoms with van der Waals surface area (Å²) < 4.78 is 3.82. The van der Waals surface area contributed by atoms with E-state index in [9.17, 15) is 0 Å². The monoisotopic (exact) mass is 248 g/mol. The van der Waals surface area contributed by atoms with Crippen molar-refractivity contribution in [2.24, 2.45) is 0 Å². The highest BCUT2D eigenvalue weighted by molar-refractivity contribution is 5.00. The Kier molecular flexibility index (Phi) is 4.09. The van der Waals surface area contributed by atoms with Gasteiger partial charge in [-0.05, 0) is 26.3 Å². The highest BCUT2D eigenvalue weighted by atomic mass is 15.3. The lowest BCUT2D eigenvalue weighted by atomic mass is 10.2. The Morgan fingerprint density at radius 3 is 2.78 bits per heavy atom. The lowest BCUT2D eigenvalue weighted by molar-refractivity contribution is 0.358. The molecule has 2 rings (SSSR count). The number of rotatable bonds is 6. The van der Waals surface area contributed by atoms with E-state index in [2.05, 4.69) is 47.5 Å². The lowest BCUT2D eigenvalue weighted by Gasteiger charge is -2.21. The molecule has 6 nitrogen and oxygen atoms in total. The Balaban J connectivity index is 1.79. The minimum Gasteiger partial charge on any atom is -0.310 e. The molecule has 2 heterocycles. The fourth-order valence-electron chi connectivity index (χ4n) is 1.81. The highest BCUT2D eigenvalue weighted by Gasteiger charge is 2.13. The molecule has 98 valence electrons. The van der Waals surface area contributed by atoms with E-state index in [0.717, 1.165) is 13.1 Å². The molecular formula is C12H20N6. The molecule has 18 heavy (non-hydrogen) atoms. The van der Waals surface area contributed by atoms with Crippen molar-refractivity contribution in [2.45, 2.75) is 39.4 Å². The van der Waals surface area contributed by atoms with Gasteiger partial charge in [0.15, 0.2) is 0 Å². The molecule has 2 aromatic rings. The van der Waals surface area contributed by atoms with Crippen LogP contribution in [0.25, 0.3) is 0 Å². The normalized spacial score (nSPS) is 14.6. The molecule has 0 aliphatic carbocycles. The summed E-state index contributed by atoms with van der Waals surface area (Å²) in [7, 11) is 0. The maximum atomic E-state index is 4.34. The standard InChI is InChI=1S/C12H20N6/c1-10-6-15-18(7-10)12(3)11(2)14-4-5-17-9-13-8-16-17/h6-9,11-12,14H,4-5H2,1-3H3/t11-,12-/m1/s1. The van der Waals surface area contributed by atoms with E-state index in [-0.39, 0.29) is 0 Å². The summed E-state index contributed by atoms with van der Waals surface area (Å²) in [4.78, 5) is 3.92. The van der Waals surface area contributed by atoms with Crippen molar-refractivity contribution < 1.29 is 0 Å². The van der Waals surface area contributed by atoms with E-state index in [1.807, 2.05) is 15.6 Å². The van der Waals surface area contributed by atoms with Gasteiger partial charge >= 0.3 is 0 Å². The molecule has 2 aromatic heterocycles. The van der Waals surface area contributed by atoms with Crippen LogP contribution in [0.5, 0.6) is 0 Å². The second-order valence-corrected chi connectivity index (χ2v) is 4.64. The maximum absolute atomic E-state index is 4.34.